The first kappa shape index (κ1) is 13.3. The summed E-state index contributed by atoms with van der Waals surface area (Å²) in [6.45, 7) is 5.61. The smallest absolute Gasteiger partial charge is 0.314 e. The number of carbonyl (C=O) groups is 1. The first-order valence-electron chi connectivity index (χ1n) is 6.30. The highest BCUT2D eigenvalue weighted by atomic mass is 16.4. The summed E-state index contributed by atoms with van der Waals surface area (Å²) in [5.41, 5.74) is 2.66. The van der Waals surface area contributed by atoms with Gasteiger partial charge in [-0.15, -0.1) is 0 Å². The zero-order valence-corrected chi connectivity index (χ0v) is 11.3. The molecule has 0 saturated heterocycles. The maximum atomic E-state index is 11.2. The Morgan fingerprint density at radius 3 is 2.47 bits per heavy atom. The molecule has 0 bridgehead atoms. The van der Waals surface area contributed by atoms with E-state index in [9.17, 15) is 9.90 Å². The van der Waals surface area contributed by atoms with E-state index in [1.54, 1.807) is 6.92 Å². The molecule has 0 amide bonds. The van der Waals surface area contributed by atoms with Gasteiger partial charge in [-0.1, -0.05) is 24.6 Å². The van der Waals surface area contributed by atoms with Crippen molar-refractivity contribution in [2.45, 2.75) is 33.1 Å². The third kappa shape index (κ3) is 2.67. The summed E-state index contributed by atoms with van der Waals surface area (Å²) in [6.07, 6.45) is 0.485. The number of oxazole rings is 1. The first-order chi connectivity index (χ1) is 9.02. The molecule has 19 heavy (non-hydrogen) atoms. The van der Waals surface area contributed by atoms with Crippen molar-refractivity contribution in [3.63, 3.8) is 0 Å². The third-order valence-corrected chi connectivity index (χ3v) is 3.15. The number of benzene rings is 1. The molecule has 4 nitrogen and oxygen atoms in total. The lowest BCUT2D eigenvalue weighted by Crippen LogP contribution is -2.10. The molecule has 0 aliphatic carbocycles. The molecule has 1 N–H and O–H groups in total. The highest BCUT2D eigenvalue weighted by Crippen LogP contribution is 2.29. The van der Waals surface area contributed by atoms with E-state index in [1.807, 2.05) is 38.1 Å². The number of hydrogen-bond acceptors (Lipinski definition) is 3. The van der Waals surface area contributed by atoms with Gasteiger partial charge in [-0.05, 0) is 32.4 Å². The fraction of sp³-hybridized carbons (Fsp3) is 0.333. The van der Waals surface area contributed by atoms with Gasteiger partial charge in [0.15, 0.2) is 0 Å². The maximum absolute atomic E-state index is 11.2. The minimum atomic E-state index is -0.878. The number of aliphatic carboxylic acids is 1. The summed E-state index contributed by atoms with van der Waals surface area (Å²) in [5.74, 6) is -0.582. The summed E-state index contributed by atoms with van der Waals surface area (Å²) in [5, 5.41) is 9.18. The van der Waals surface area contributed by atoms with Crippen LogP contribution in [0.1, 0.15) is 36.3 Å². The predicted molar refractivity (Wildman–Crippen MR) is 72.1 cm³/mol. The first-order valence-corrected chi connectivity index (χ1v) is 6.30. The maximum Gasteiger partial charge on any atom is 0.314 e. The second-order valence-corrected chi connectivity index (χ2v) is 4.63. The Labute approximate surface area is 112 Å². The van der Waals surface area contributed by atoms with E-state index in [-0.39, 0.29) is 0 Å². The highest BCUT2D eigenvalue weighted by molar-refractivity contribution is 5.75. The van der Waals surface area contributed by atoms with Crippen molar-refractivity contribution in [3.05, 3.63) is 41.3 Å². The Hall–Kier alpha value is -2.10. The highest BCUT2D eigenvalue weighted by Gasteiger charge is 2.25. The van der Waals surface area contributed by atoms with Crippen LogP contribution in [0.25, 0.3) is 11.5 Å². The zero-order chi connectivity index (χ0) is 14.0. The molecule has 1 heterocycles. The monoisotopic (exact) mass is 259 g/mol. The molecule has 100 valence electrons. The van der Waals surface area contributed by atoms with Crippen molar-refractivity contribution in [3.8, 4) is 11.5 Å². The van der Waals surface area contributed by atoms with Gasteiger partial charge in [0, 0.05) is 5.56 Å². The van der Waals surface area contributed by atoms with Crippen molar-refractivity contribution < 1.29 is 14.3 Å². The molecule has 0 aliphatic heterocycles. The third-order valence-electron chi connectivity index (χ3n) is 3.15. The van der Waals surface area contributed by atoms with Gasteiger partial charge in [0.05, 0.1) is 5.69 Å². The number of rotatable bonds is 4. The molecule has 0 saturated carbocycles. The lowest BCUT2D eigenvalue weighted by atomic mass is 10.0. The Morgan fingerprint density at radius 1 is 1.32 bits per heavy atom. The van der Waals surface area contributed by atoms with E-state index < -0.39 is 11.9 Å². The molecule has 1 atom stereocenters. The second kappa shape index (κ2) is 5.26. The second-order valence-electron chi connectivity index (χ2n) is 4.63. The van der Waals surface area contributed by atoms with Gasteiger partial charge in [-0.3, -0.25) is 4.79 Å². The van der Waals surface area contributed by atoms with Crippen LogP contribution >= 0.6 is 0 Å². The van der Waals surface area contributed by atoms with E-state index in [0.717, 1.165) is 11.1 Å². The average Bonchev–Trinajstić information content (AvgIpc) is 2.73. The molecule has 0 aliphatic rings. The molecule has 1 aromatic carbocycles. The molecule has 0 spiro atoms. The average molecular weight is 259 g/mol. The minimum Gasteiger partial charge on any atom is -0.481 e. The molecule has 4 heteroatoms. The van der Waals surface area contributed by atoms with Crippen LogP contribution in [-0.4, -0.2) is 16.1 Å². The lowest BCUT2D eigenvalue weighted by Gasteiger charge is -2.06. The molecular formula is C15H17NO3. The van der Waals surface area contributed by atoms with Gasteiger partial charge >= 0.3 is 5.97 Å². The van der Waals surface area contributed by atoms with E-state index in [0.29, 0.717) is 23.8 Å². The van der Waals surface area contributed by atoms with Crippen LogP contribution in [0, 0.1) is 13.8 Å². The number of aryl methyl sites for hydroxylation is 2. The van der Waals surface area contributed by atoms with Gasteiger partial charge in [-0.25, -0.2) is 4.98 Å². The fourth-order valence-corrected chi connectivity index (χ4v) is 2.02. The SMILES string of the molecule is CCC(C(=O)O)c1oc(-c2ccc(C)cc2)nc1C. The Kier molecular flexibility index (Phi) is 3.69. The molecule has 0 radical (unpaired) electrons. The lowest BCUT2D eigenvalue weighted by molar-refractivity contribution is -0.139. The largest absolute Gasteiger partial charge is 0.481 e. The quantitative estimate of drug-likeness (QED) is 0.912. The number of aromatic nitrogens is 1. The van der Waals surface area contributed by atoms with Crippen LogP contribution < -0.4 is 0 Å². The number of hydrogen-bond donors (Lipinski definition) is 1. The van der Waals surface area contributed by atoms with Crippen LogP contribution in [0.5, 0.6) is 0 Å². The van der Waals surface area contributed by atoms with Crippen LogP contribution in [-0.2, 0) is 4.79 Å². The normalized spacial score (nSPS) is 12.4. The molecule has 2 aromatic rings. The summed E-state index contributed by atoms with van der Waals surface area (Å²) < 4.78 is 5.66. The molecule has 1 unspecified atom stereocenters. The van der Waals surface area contributed by atoms with Crippen molar-refractivity contribution in [1.29, 1.82) is 0 Å². The van der Waals surface area contributed by atoms with Crippen LogP contribution in [0.4, 0.5) is 0 Å². The molecular weight excluding hydrogens is 242 g/mol. The van der Waals surface area contributed by atoms with Crippen molar-refractivity contribution in [1.82, 2.24) is 4.98 Å². The standard InChI is InChI=1S/C15H17NO3/c1-4-12(15(17)18)13-10(3)16-14(19-13)11-7-5-9(2)6-8-11/h5-8,12H,4H2,1-3H3,(H,17,18). The van der Waals surface area contributed by atoms with Crippen LogP contribution in [0.2, 0.25) is 0 Å². The van der Waals surface area contributed by atoms with Crippen LogP contribution in [0.3, 0.4) is 0 Å². The van der Waals surface area contributed by atoms with Crippen molar-refractivity contribution in [2.75, 3.05) is 0 Å². The van der Waals surface area contributed by atoms with E-state index in [2.05, 4.69) is 4.98 Å². The summed E-state index contributed by atoms with van der Waals surface area (Å²) in [7, 11) is 0. The summed E-state index contributed by atoms with van der Waals surface area (Å²) in [4.78, 5) is 15.5. The molecule has 2 rings (SSSR count). The Bertz CT molecular complexity index is 584. The van der Waals surface area contributed by atoms with Gasteiger partial charge in [0.2, 0.25) is 5.89 Å². The zero-order valence-electron chi connectivity index (χ0n) is 11.3. The number of carboxylic acids is 1. The van der Waals surface area contributed by atoms with E-state index in [4.69, 9.17) is 4.42 Å². The van der Waals surface area contributed by atoms with Crippen molar-refractivity contribution in [2.24, 2.45) is 0 Å². The van der Waals surface area contributed by atoms with Gasteiger partial charge in [-0.2, -0.15) is 0 Å². The van der Waals surface area contributed by atoms with Gasteiger partial charge in [0.25, 0.3) is 0 Å². The summed E-state index contributed by atoms with van der Waals surface area (Å²) >= 11 is 0. The van der Waals surface area contributed by atoms with Crippen molar-refractivity contribution >= 4 is 5.97 Å². The molecule has 1 aromatic heterocycles. The Balaban J connectivity index is 2.40. The topological polar surface area (TPSA) is 63.3 Å². The fourth-order valence-electron chi connectivity index (χ4n) is 2.02. The summed E-state index contributed by atoms with van der Waals surface area (Å²) in [6, 6.07) is 7.80. The predicted octanol–water partition coefficient (Wildman–Crippen LogP) is 3.54. The van der Waals surface area contributed by atoms with E-state index in [1.165, 1.54) is 0 Å². The minimum absolute atomic E-state index is 0.450. The van der Waals surface area contributed by atoms with Gasteiger partial charge < -0.3 is 9.52 Å². The van der Waals surface area contributed by atoms with E-state index >= 15 is 0 Å². The Morgan fingerprint density at radius 2 is 1.95 bits per heavy atom. The van der Waals surface area contributed by atoms with Crippen LogP contribution in [0.15, 0.2) is 28.7 Å². The number of carboxylic acid groups (broad SMARTS) is 1. The molecule has 0 fully saturated rings. The van der Waals surface area contributed by atoms with Gasteiger partial charge in [0.1, 0.15) is 11.7 Å². The number of nitrogens with zero attached hydrogens (tertiary/aromatic N) is 1.